The first-order valence-corrected chi connectivity index (χ1v) is 5.25. The van der Waals surface area contributed by atoms with Gasteiger partial charge in [-0.3, -0.25) is 0 Å². The fourth-order valence-corrected chi connectivity index (χ4v) is 0.865. The van der Waals surface area contributed by atoms with Crippen LogP contribution in [0.15, 0.2) is 0 Å². The van der Waals surface area contributed by atoms with Gasteiger partial charge in [0, 0.05) is 0 Å². The quantitative estimate of drug-likeness (QED) is 0.438. The van der Waals surface area contributed by atoms with E-state index in [9.17, 15) is 61.9 Å². The number of hydrogen-bond donors (Lipinski definition) is 0. The lowest BCUT2D eigenvalue weighted by molar-refractivity contribution is -0.562. The van der Waals surface area contributed by atoms with Crippen molar-refractivity contribution in [3.05, 3.63) is 0 Å². The van der Waals surface area contributed by atoms with Crippen LogP contribution in [0.4, 0.5) is 57.1 Å². The van der Waals surface area contributed by atoms with Crippen molar-refractivity contribution in [2.45, 2.75) is 36.9 Å². The summed E-state index contributed by atoms with van der Waals surface area (Å²) in [5, 5.41) is 0. The van der Waals surface area contributed by atoms with Crippen LogP contribution in [0.2, 0.25) is 0 Å². The highest BCUT2D eigenvalue weighted by molar-refractivity contribution is 5.75. The van der Waals surface area contributed by atoms with Gasteiger partial charge in [0.25, 0.3) is 0 Å². The molecule has 0 spiro atoms. The topological polar surface area (TPSA) is 54.0 Å². The molecule has 0 N–H and O–H groups in total. The molecule has 0 amide bonds. The van der Waals surface area contributed by atoms with Crippen molar-refractivity contribution in [3.8, 4) is 0 Å². The lowest BCUT2D eigenvalue weighted by Crippen LogP contribution is -2.57. The molecule has 0 heterocycles. The van der Waals surface area contributed by atoms with E-state index in [1.807, 2.05) is 4.74 Å². The average Bonchev–Trinajstić information content (AvgIpc) is 2.31. The Hall–Kier alpha value is -1.56. The molecule has 0 saturated carbocycles. The van der Waals surface area contributed by atoms with Gasteiger partial charge < -0.3 is 4.74 Å². The van der Waals surface area contributed by atoms with E-state index < -0.39 is 42.9 Å². The lowest BCUT2D eigenvalue weighted by Gasteiger charge is -2.32. The largest absolute Gasteiger partial charge is 0.527 e. The lowest BCUT2D eigenvalue weighted by atomic mass is 10.5. The van der Waals surface area contributed by atoms with Crippen LogP contribution in [-0.2, 0) is 23.7 Å². The standard InChI is InChI=1S/C8H3F13O5/c1-23-2(22)3(9,10)24-4(11,12)5(13,14)25-6(15,16)7(17,18)26-8(19,20)21/h1H3. The van der Waals surface area contributed by atoms with Crippen LogP contribution in [0, 0.1) is 0 Å². The van der Waals surface area contributed by atoms with Gasteiger partial charge in [0.15, 0.2) is 0 Å². The van der Waals surface area contributed by atoms with Crippen LogP contribution < -0.4 is 0 Å². The molecular weight excluding hydrogens is 423 g/mol. The number of hydrogen-bond acceptors (Lipinski definition) is 5. The SMILES string of the molecule is COC(=O)C(F)(F)OC(F)(F)C(F)(F)OC(F)(F)C(F)(F)OC(F)(F)F. The molecule has 0 aromatic rings. The Kier molecular flexibility index (Phi) is 6.46. The third kappa shape index (κ3) is 5.73. The summed E-state index contributed by atoms with van der Waals surface area (Å²) in [6.07, 6.45) is -40.7. The van der Waals surface area contributed by atoms with Gasteiger partial charge in [0.2, 0.25) is 0 Å². The summed E-state index contributed by atoms with van der Waals surface area (Å²) in [6.45, 7) is 0. The Labute approximate surface area is 132 Å². The zero-order valence-corrected chi connectivity index (χ0v) is 11.5. The van der Waals surface area contributed by atoms with Crippen LogP contribution >= 0.6 is 0 Å². The summed E-state index contributed by atoms with van der Waals surface area (Å²) in [6, 6.07) is 0. The summed E-state index contributed by atoms with van der Waals surface area (Å²) in [5.41, 5.74) is 0. The number of carbonyl (C=O) groups excluding carboxylic acids is 1. The van der Waals surface area contributed by atoms with E-state index in [1.165, 1.54) is 4.74 Å². The van der Waals surface area contributed by atoms with Gasteiger partial charge in [-0.2, -0.15) is 43.9 Å². The molecule has 0 aromatic carbocycles. The van der Waals surface area contributed by atoms with Crippen molar-refractivity contribution >= 4 is 5.97 Å². The number of methoxy groups -OCH3 is 1. The molecular formula is C8H3F13O5. The normalized spacial score (nSPS) is 15.2. The summed E-state index contributed by atoms with van der Waals surface area (Å²) in [7, 11) is 0.121. The first-order chi connectivity index (χ1) is 11.1. The van der Waals surface area contributed by atoms with E-state index in [0.29, 0.717) is 0 Å². The highest BCUT2D eigenvalue weighted by Gasteiger charge is 2.74. The van der Waals surface area contributed by atoms with Gasteiger partial charge >= 0.3 is 42.9 Å². The highest BCUT2D eigenvalue weighted by Crippen LogP contribution is 2.48. The smallest absolute Gasteiger partial charge is 0.463 e. The molecule has 0 atom stereocenters. The molecule has 0 saturated heterocycles. The Morgan fingerprint density at radius 1 is 0.577 bits per heavy atom. The van der Waals surface area contributed by atoms with Gasteiger partial charge in [0.05, 0.1) is 7.11 Å². The predicted octanol–water partition coefficient (Wildman–Crippen LogP) is 3.69. The van der Waals surface area contributed by atoms with Gasteiger partial charge in [-0.1, -0.05) is 0 Å². The summed E-state index contributed by atoms with van der Waals surface area (Å²) in [5.74, 6) is -3.05. The molecule has 5 nitrogen and oxygen atoms in total. The number of alkyl halides is 13. The van der Waals surface area contributed by atoms with Crippen molar-refractivity contribution in [2.24, 2.45) is 0 Å². The fraction of sp³-hybridized carbons (Fsp3) is 0.875. The zero-order valence-electron chi connectivity index (χ0n) is 11.5. The molecule has 0 aliphatic heterocycles. The second-order valence-electron chi connectivity index (χ2n) is 3.83. The Morgan fingerprint density at radius 3 is 1.19 bits per heavy atom. The van der Waals surface area contributed by atoms with Crippen molar-refractivity contribution in [3.63, 3.8) is 0 Å². The van der Waals surface area contributed by atoms with E-state index in [-0.39, 0.29) is 7.11 Å². The van der Waals surface area contributed by atoms with E-state index in [4.69, 9.17) is 0 Å². The van der Waals surface area contributed by atoms with Crippen LogP contribution in [0.3, 0.4) is 0 Å². The molecule has 156 valence electrons. The summed E-state index contributed by atoms with van der Waals surface area (Å²) >= 11 is 0. The average molecular weight is 426 g/mol. The molecule has 0 rings (SSSR count). The number of halogens is 13. The minimum absolute atomic E-state index is 0.121. The van der Waals surface area contributed by atoms with E-state index in [2.05, 4.69) is 4.74 Å². The second-order valence-corrected chi connectivity index (χ2v) is 3.83. The molecule has 0 aliphatic rings. The van der Waals surface area contributed by atoms with Crippen LogP contribution in [0.5, 0.6) is 0 Å². The van der Waals surface area contributed by atoms with Crippen molar-refractivity contribution in [1.29, 1.82) is 0 Å². The molecule has 0 aliphatic carbocycles. The molecule has 0 fully saturated rings. The molecule has 0 aromatic heterocycles. The van der Waals surface area contributed by atoms with Gasteiger partial charge in [-0.05, 0) is 0 Å². The number of rotatable bonds is 8. The fourth-order valence-electron chi connectivity index (χ4n) is 0.865. The maximum absolute atomic E-state index is 12.8. The van der Waals surface area contributed by atoms with E-state index in [0.717, 1.165) is 0 Å². The maximum atomic E-state index is 12.8. The summed E-state index contributed by atoms with van der Waals surface area (Å²) < 4.78 is 169. The molecule has 0 unspecified atom stereocenters. The Balaban J connectivity index is 5.57. The second kappa shape index (κ2) is 6.87. The number of carbonyl (C=O) groups is 1. The Morgan fingerprint density at radius 2 is 0.885 bits per heavy atom. The van der Waals surface area contributed by atoms with Gasteiger partial charge in [-0.25, -0.2) is 19.0 Å². The van der Waals surface area contributed by atoms with Crippen LogP contribution in [0.25, 0.3) is 0 Å². The van der Waals surface area contributed by atoms with Crippen molar-refractivity contribution < 1.29 is 80.8 Å². The first-order valence-electron chi connectivity index (χ1n) is 5.25. The predicted molar refractivity (Wildman–Crippen MR) is 46.1 cm³/mol. The Bertz CT molecular complexity index is 513. The van der Waals surface area contributed by atoms with Crippen LogP contribution in [0.1, 0.15) is 0 Å². The van der Waals surface area contributed by atoms with E-state index in [1.54, 1.807) is 4.74 Å². The molecule has 18 heteroatoms. The van der Waals surface area contributed by atoms with E-state index >= 15 is 0 Å². The van der Waals surface area contributed by atoms with Crippen molar-refractivity contribution in [2.75, 3.05) is 7.11 Å². The maximum Gasteiger partial charge on any atom is 0.527 e. The van der Waals surface area contributed by atoms with Crippen LogP contribution in [-0.4, -0.2) is 50.0 Å². The van der Waals surface area contributed by atoms with Crippen molar-refractivity contribution in [1.82, 2.24) is 0 Å². The van der Waals surface area contributed by atoms with Gasteiger partial charge in [-0.15, -0.1) is 13.2 Å². The minimum Gasteiger partial charge on any atom is -0.463 e. The van der Waals surface area contributed by atoms with Gasteiger partial charge in [0.1, 0.15) is 0 Å². The monoisotopic (exact) mass is 426 g/mol. The number of ether oxygens (including phenoxy) is 4. The minimum atomic E-state index is -7.14. The number of esters is 1. The zero-order chi connectivity index (χ0) is 21.4. The summed E-state index contributed by atoms with van der Waals surface area (Å²) in [4.78, 5) is 10.3. The third-order valence-electron chi connectivity index (χ3n) is 1.86. The molecule has 0 radical (unpaired) electrons. The third-order valence-corrected chi connectivity index (χ3v) is 1.86. The highest BCUT2D eigenvalue weighted by atomic mass is 19.4. The first kappa shape index (κ1) is 24.4. The molecule has 0 bridgehead atoms. The molecule has 26 heavy (non-hydrogen) atoms.